The van der Waals surface area contributed by atoms with E-state index >= 15 is 0 Å². The van der Waals surface area contributed by atoms with E-state index in [9.17, 15) is 9.59 Å². The molecule has 0 spiro atoms. The SMILES string of the molecule is CC(=O)Nc1ccc(CCN=C(N)N2CCN(C(=O)OC(C)(C)C)CC2)cc1.I. The molecule has 1 aromatic carbocycles. The molecule has 1 fully saturated rings. The molecule has 1 heterocycles. The van der Waals surface area contributed by atoms with Crippen molar-refractivity contribution in [3.05, 3.63) is 29.8 Å². The Hall–Kier alpha value is -2.04. The number of amides is 2. The van der Waals surface area contributed by atoms with Crippen LogP contribution in [0, 0.1) is 0 Å². The summed E-state index contributed by atoms with van der Waals surface area (Å²) in [5.74, 6) is 0.413. The van der Waals surface area contributed by atoms with Gasteiger partial charge >= 0.3 is 6.09 Å². The van der Waals surface area contributed by atoms with Crippen LogP contribution in [0.2, 0.25) is 0 Å². The highest BCUT2D eigenvalue weighted by Crippen LogP contribution is 2.12. The molecule has 3 N–H and O–H groups in total. The van der Waals surface area contributed by atoms with Crippen LogP contribution in [-0.2, 0) is 16.0 Å². The topological polar surface area (TPSA) is 100 Å². The molecule has 2 rings (SSSR count). The van der Waals surface area contributed by atoms with Crippen LogP contribution in [0.3, 0.4) is 0 Å². The summed E-state index contributed by atoms with van der Waals surface area (Å²) >= 11 is 0. The lowest BCUT2D eigenvalue weighted by molar-refractivity contribution is -0.114. The Morgan fingerprint density at radius 2 is 1.66 bits per heavy atom. The van der Waals surface area contributed by atoms with Crippen molar-refractivity contribution in [3.63, 3.8) is 0 Å². The first kappa shape index (κ1) is 25.0. The van der Waals surface area contributed by atoms with Crippen molar-refractivity contribution in [2.75, 3.05) is 38.0 Å². The third-order valence-corrected chi connectivity index (χ3v) is 4.20. The Morgan fingerprint density at radius 1 is 1.10 bits per heavy atom. The zero-order valence-corrected chi connectivity index (χ0v) is 19.9. The lowest BCUT2D eigenvalue weighted by atomic mass is 10.1. The Kier molecular flexibility index (Phi) is 9.67. The number of aliphatic imine (C=N–C) groups is 1. The summed E-state index contributed by atoms with van der Waals surface area (Å²) in [5, 5.41) is 2.74. The van der Waals surface area contributed by atoms with E-state index in [4.69, 9.17) is 10.5 Å². The zero-order chi connectivity index (χ0) is 20.7. The first-order valence-electron chi connectivity index (χ1n) is 9.53. The number of halogens is 1. The lowest BCUT2D eigenvalue weighted by Gasteiger charge is -2.36. The summed E-state index contributed by atoms with van der Waals surface area (Å²) in [4.78, 5) is 31.3. The molecule has 1 saturated heterocycles. The van der Waals surface area contributed by atoms with Gasteiger partial charge in [-0.25, -0.2) is 4.79 Å². The zero-order valence-electron chi connectivity index (χ0n) is 17.6. The summed E-state index contributed by atoms with van der Waals surface area (Å²) < 4.78 is 5.40. The minimum absolute atomic E-state index is 0. The maximum atomic E-state index is 12.1. The number of piperazine rings is 1. The molecule has 1 aliphatic heterocycles. The number of carbonyl (C=O) groups is 2. The van der Waals surface area contributed by atoms with Gasteiger partial charge in [0.15, 0.2) is 5.96 Å². The highest BCUT2D eigenvalue weighted by atomic mass is 127. The number of hydrogen-bond acceptors (Lipinski definition) is 4. The van der Waals surface area contributed by atoms with Gasteiger partial charge < -0.3 is 25.6 Å². The maximum absolute atomic E-state index is 12.1. The van der Waals surface area contributed by atoms with E-state index in [0.29, 0.717) is 38.7 Å². The smallest absolute Gasteiger partial charge is 0.410 e. The van der Waals surface area contributed by atoms with E-state index in [1.165, 1.54) is 6.92 Å². The van der Waals surface area contributed by atoms with Crippen LogP contribution < -0.4 is 11.1 Å². The third kappa shape index (κ3) is 8.88. The quantitative estimate of drug-likeness (QED) is 0.364. The number of hydrogen-bond donors (Lipinski definition) is 2. The standard InChI is InChI=1S/C20H31N5O3.HI/c1-15(26)23-17-7-5-16(6-8-17)9-10-22-18(21)24-11-13-25(14-12-24)19(27)28-20(2,3)4;/h5-8H,9-14H2,1-4H3,(H2,21,22)(H,23,26);1H. The molecule has 0 unspecified atom stereocenters. The molecule has 0 bridgehead atoms. The van der Waals surface area contributed by atoms with Crippen molar-refractivity contribution >= 4 is 47.6 Å². The molecule has 2 amide bonds. The molecule has 162 valence electrons. The van der Waals surface area contributed by atoms with Gasteiger partial charge in [0, 0.05) is 45.3 Å². The van der Waals surface area contributed by atoms with Gasteiger partial charge in [0.1, 0.15) is 5.60 Å². The summed E-state index contributed by atoms with van der Waals surface area (Å²) in [6.45, 7) is 10.1. The fourth-order valence-corrected chi connectivity index (χ4v) is 2.80. The first-order valence-corrected chi connectivity index (χ1v) is 9.53. The van der Waals surface area contributed by atoms with Gasteiger partial charge in [-0.2, -0.15) is 0 Å². The number of nitrogens with one attached hydrogen (secondary N) is 1. The Morgan fingerprint density at radius 3 is 2.17 bits per heavy atom. The van der Waals surface area contributed by atoms with Crippen LogP contribution in [0.25, 0.3) is 0 Å². The molecule has 0 aliphatic carbocycles. The lowest BCUT2D eigenvalue weighted by Crippen LogP contribution is -2.53. The molecule has 0 atom stereocenters. The van der Waals surface area contributed by atoms with Crippen molar-refractivity contribution < 1.29 is 14.3 Å². The van der Waals surface area contributed by atoms with Crippen molar-refractivity contribution in [1.82, 2.24) is 9.80 Å². The van der Waals surface area contributed by atoms with Crippen LogP contribution >= 0.6 is 24.0 Å². The van der Waals surface area contributed by atoms with E-state index in [1.54, 1.807) is 4.90 Å². The summed E-state index contributed by atoms with van der Waals surface area (Å²) in [7, 11) is 0. The Bertz CT molecular complexity index is 708. The number of rotatable bonds is 4. The monoisotopic (exact) mass is 517 g/mol. The van der Waals surface area contributed by atoms with Crippen LogP contribution in [0.15, 0.2) is 29.3 Å². The van der Waals surface area contributed by atoms with E-state index in [-0.39, 0.29) is 36.0 Å². The van der Waals surface area contributed by atoms with Crippen LogP contribution in [0.1, 0.15) is 33.3 Å². The second-order valence-corrected chi connectivity index (χ2v) is 7.82. The Labute approximate surface area is 189 Å². The molecular formula is C20H32IN5O3. The average Bonchev–Trinajstić information content (AvgIpc) is 2.61. The average molecular weight is 517 g/mol. The number of carbonyl (C=O) groups excluding carboxylic acids is 2. The second-order valence-electron chi connectivity index (χ2n) is 7.82. The number of anilines is 1. The van der Waals surface area contributed by atoms with Gasteiger partial charge in [-0.15, -0.1) is 24.0 Å². The largest absolute Gasteiger partial charge is 0.444 e. The normalized spacial score (nSPS) is 14.8. The number of guanidine groups is 1. The van der Waals surface area contributed by atoms with Crippen molar-refractivity contribution in [3.8, 4) is 0 Å². The molecule has 9 heteroatoms. The number of nitrogens with two attached hydrogens (primary N) is 1. The fourth-order valence-electron chi connectivity index (χ4n) is 2.80. The maximum Gasteiger partial charge on any atom is 0.410 e. The predicted molar refractivity (Wildman–Crippen MR) is 126 cm³/mol. The Balaban J connectivity index is 0.00000420. The van der Waals surface area contributed by atoms with Gasteiger partial charge in [-0.1, -0.05) is 12.1 Å². The van der Waals surface area contributed by atoms with Gasteiger partial charge in [0.25, 0.3) is 0 Å². The van der Waals surface area contributed by atoms with E-state index in [2.05, 4.69) is 10.3 Å². The van der Waals surface area contributed by atoms with Crippen LogP contribution in [0.4, 0.5) is 10.5 Å². The van der Waals surface area contributed by atoms with Crippen molar-refractivity contribution in [2.45, 2.75) is 39.7 Å². The molecule has 29 heavy (non-hydrogen) atoms. The second kappa shape index (κ2) is 11.2. The highest BCUT2D eigenvalue weighted by molar-refractivity contribution is 14.0. The van der Waals surface area contributed by atoms with E-state index in [1.807, 2.05) is 49.9 Å². The van der Waals surface area contributed by atoms with Gasteiger partial charge in [0.2, 0.25) is 5.91 Å². The summed E-state index contributed by atoms with van der Waals surface area (Å²) in [6, 6.07) is 7.69. The highest BCUT2D eigenvalue weighted by Gasteiger charge is 2.26. The number of benzene rings is 1. The first-order chi connectivity index (χ1) is 13.1. The number of nitrogens with zero attached hydrogens (tertiary/aromatic N) is 3. The summed E-state index contributed by atoms with van der Waals surface area (Å²) in [5.41, 5.74) is 7.52. The van der Waals surface area contributed by atoms with E-state index < -0.39 is 5.60 Å². The minimum Gasteiger partial charge on any atom is -0.444 e. The predicted octanol–water partition coefficient (Wildman–Crippen LogP) is 2.67. The van der Waals surface area contributed by atoms with Crippen molar-refractivity contribution in [1.29, 1.82) is 0 Å². The number of ether oxygens (including phenoxy) is 1. The minimum atomic E-state index is -0.491. The molecule has 1 aromatic rings. The molecule has 8 nitrogen and oxygen atoms in total. The van der Waals surface area contributed by atoms with Crippen molar-refractivity contribution in [2.24, 2.45) is 10.7 Å². The van der Waals surface area contributed by atoms with E-state index in [0.717, 1.165) is 17.7 Å². The summed E-state index contributed by atoms with van der Waals surface area (Å²) in [6.07, 6.45) is 0.476. The van der Waals surface area contributed by atoms with Gasteiger partial charge in [-0.05, 0) is 44.9 Å². The fraction of sp³-hybridized carbons (Fsp3) is 0.550. The van der Waals surface area contributed by atoms with Gasteiger partial charge in [0.05, 0.1) is 0 Å². The van der Waals surface area contributed by atoms with Gasteiger partial charge in [-0.3, -0.25) is 9.79 Å². The third-order valence-electron chi connectivity index (χ3n) is 4.20. The molecule has 0 aromatic heterocycles. The molecule has 0 radical (unpaired) electrons. The molecule has 1 aliphatic rings. The van der Waals surface area contributed by atoms with Crippen LogP contribution in [-0.4, -0.2) is 66.1 Å². The molecular weight excluding hydrogens is 485 g/mol. The van der Waals surface area contributed by atoms with Crippen LogP contribution in [0.5, 0.6) is 0 Å². The molecule has 0 saturated carbocycles.